The molecule has 0 aliphatic rings. The smallest absolute Gasteiger partial charge is 0.174 e. The first-order valence-electron chi connectivity index (χ1n) is 6.42. The maximum Gasteiger partial charge on any atom is 0.174 e. The molecule has 0 fully saturated rings. The third kappa shape index (κ3) is 4.31. The molecule has 0 spiro atoms. The zero-order valence-electron chi connectivity index (χ0n) is 11.2. The zero-order valence-corrected chi connectivity index (χ0v) is 12.7. The van der Waals surface area contributed by atoms with Gasteiger partial charge in [0.1, 0.15) is 18.2 Å². The highest BCUT2D eigenvalue weighted by molar-refractivity contribution is 9.10. The number of halogens is 2. The summed E-state index contributed by atoms with van der Waals surface area (Å²) in [5.74, 6) is 0.707. The minimum atomic E-state index is -0.357. The van der Waals surface area contributed by atoms with E-state index >= 15 is 0 Å². The third-order valence-electron chi connectivity index (χ3n) is 2.61. The Labute approximate surface area is 125 Å². The molecule has 1 heterocycles. The molecule has 1 N–H and O–H groups in total. The van der Waals surface area contributed by atoms with Gasteiger partial charge in [0.15, 0.2) is 5.76 Å². The Kier molecular flexibility index (Phi) is 5.55. The fourth-order valence-corrected chi connectivity index (χ4v) is 1.87. The summed E-state index contributed by atoms with van der Waals surface area (Å²) in [6.07, 6.45) is 1.07. The van der Waals surface area contributed by atoms with Crippen LogP contribution in [-0.4, -0.2) is 11.7 Å². The first-order chi connectivity index (χ1) is 9.69. The molecular formula is C14H16BrFN2O2. The molecule has 0 aliphatic heterocycles. The maximum atomic E-state index is 13.3. The number of aromatic nitrogens is 1. The lowest BCUT2D eigenvalue weighted by molar-refractivity contribution is 0.247. The lowest BCUT2D eigenvalue weighted by atomic mass is 10.3. The molecular weight excluding hydrogens is 327 g/mol. The van der Waals surface area contributed by atoms with Crippen LogP contribution in [-0.2, 0) is 13.2 Å². The Hall–Kier alpha value is -1.40. The van der Waals surface area contributed by atoms with Crippen LogP contribution in [0.15, 0.2) is 33.3 Å². The molecule has 1 aromatic carbocycles. The van der Waals surface area contributed by atoms with Crippen molar-refractivity contribution in [2.75, 3.05) is 6.54 Å². The predicted octanol–water partition coefficient (Wildman–Crippen LogP) is 3.65. The van der Waals surface area contributed by atoms with Crippen molar-refractivity contribution in [3.05, 3.63) is 46.0 Å². The second-order valence-electron chi connectivity index (χ2n) is 4.33. The van der Waals surface area contributed by atoms with Gasteiger partial charge in [0.2, 0.25) is 0 Å². The van der Waals surface area contributed by atoms with Crippen molar-refractivity contribution in [3.63, 3.8) is 0 Å². The molecule has 0 saturated carbocycles. The van der Waals surface area contributed by atoms with E-state index in [-0.39, 0.29) is 12.4 Å². The lowest BCUT2D eigenvalue weighted by Gasteiger charge is -2.04. The van der Waals surface area contributed by atoms with Gasteiger partial charge in [0.25, 0.3) is 0 Å². The number of hydrogen-bond donors (Lipinski definition) is 1. The summed E-state index contributed by atoms with van der Waals surface area (Å²) in [5.41, 5.74) is 0.832. The molecule has 108 valence electrons. The molecule has 0 bridgehead atoms. The molecule has 1 aromatic heterocycles. The largest absolute Gasteiger partial charge is 0.485 e. The topological polar surface area (TPSA) is 47.3 Å². The molecule has 4 nitrogen and oxygen atoms in total. The fourth-order valence-electron chi connectivity index (χ4n) is 1.62. The normalized spacial score (nSPS) is 10.8. The molecule has 0 unspecified atom stereocenters. The number of nitrogens with one attached hydrogen (secondary N) is 1. The highest BCUT2D eigenvalue weighted by Crippen LogP contribution is 2.21. The maximum absolute atomic E-state index is 13.3. The minimum Gasteiger partial charge on any atom is -0.485 e. The van der Waals surface area contributed by atoms with E-state index in [9.17, 15) is 4.39 Å². The molecule has 2 aromatic rings. The van der Waals surface area contributed by atoms with Crippen molar-refractivity contribution in [2.24, 2.45) is 0 Å². The van der Waals surface area contributed by atoms with E-state index < -0.39 is 0 Å². The number of hydrogen-bond acceptors (Lipinski definition) is 4. The molecule has 0 atom stereocenters. The number of rotatable bonds is 7. The Morgan fingerprint density at radius 2 is 2.25 bits per heavy atom. The predicted molar refractivity (Wildman–Crippen MR) is 76.9 cm³/mol. The van der Waals surface area contributed by atoms with E-state index in [4.69, 9.17) is 9.26 Å². The second-order valence-corrected chi connectivity index (χ2v) is 5.18. The third-order valence-corrected chi connectivity index (χ3v) is 3.26. The van der Waals surface area contributed by atoms with E-state index in [1.54, 1.807) is 12.1 Å². The molecule has 0 aliphatic carbocycles. The average molecular weight is 343 g/mol. The van der Waals surface area contributed by atoms with E-state index in [1.165, 1.54) is 6.07 Å². The van der Waals surface area contributed by atoms with E-state index in [1.807, 2.05) is 6.07 Å². The van der Waals surface area contributed by atoms with E-state index in [0.717, 1.165) is 18.7 Å². The summed E-state index contributed by atoms with van der Waals surface area (Å²) in [7, 11) is 0. The van der Waals surface area contributed by atoms with Gasteiger partial charge >= 0.3 is 0 Å². The molecule has 6 heteroatoms. The van der Waals surface area contributed by atoms with E-state index in [2.05, 4.69) is 33.3 Å². The van der Waals surface area contributed by atoms with Crippen LogP contribution in [0.4, 0.5) is 4.39 Å². The van der Waals surface area contributed by atoms with Crippen LogP contribution < -0.4 is 10.1 Å². The van der Waals surface area contributed by atoms with Gasteiger partial charge in [-0.25, -0.2) is 4.39 Å². The zero-order chi connectivity index (χ0) is 14.4. The van der Waals surface area contributed by atoms with Gasteiger partial charge in [-0.3, -0.25) is 0 Å². The molecule has 0 amide bonds. The van der Waals surface area contributed by atoms with Crippen LogP contribution in [0.1, 0.15) is 24.8 Å². The van der Waals surface area contributed by atoms with Crippen molar-refractivity contribution in [1.29, 1.82) is 0 Å². The summed E-state index contributed by atoms with van der Waals surface area (Å²) in [6.45, 7) is 3.94. The van der Waals surface area contributed by atoms with Gasteiger partial charge < -0.3 is 14.6 Å². The van der Waals surface area contributed by atoms with Gasteiger partial charge in [-0.15, -0.1) is 0 Å². The Morgan fingerprint density at radius 3 is 3.00 bits per heavy atom. The van der Waals surface area contributed by atoms with Gasteiger partial charge in [-0.1, -0.05) is 12.1 Å². The number of ether oxygens (including phenoxy) is 1. The SMILES string of the molecule is CCCNCc1cc(COc2ccc(Br)c(F)c2)on1. The van der Waals surface area contributed by atoms with Crippen molar-refractivity contribution in [3.8, 4) is 5.75 Å². The minimum absolute atomic E-state index is 0.224. The highest BCUT2D eigenvalue weighted by atomic mass is 79.9. The molecule has 0 saturated heterocycles. The Morgan fingerprint density at radius 1 is 1.40 bits per heavy atom. The standard InChI is InChI=1S/C14H16BrFN2O2/c1-2-5-17-8-10-6-12(20-18-10)9-19-11-3-4-13(15)14(16)7-11/h3-4,6-7,17H,2,5,8-9H2,1H3. The highest BCUT2D eigenvalue weighted by Gasteiger charge is 2.06. The monoisotopic (exact) mass is 342 g/mol. The average Bonchev–Trinajstić information content (AvgIpc) is 2.88. The first-order valence-corrected chi connectivity index (χ1v) is 7.21. The van der Waals surface area contributed by atoms with Crippen molar-refractivity contribution >= 4 is 15.9 Å². The fraction of sp³-hybridized carbons (Fsp3) is 0.357. The van der Waals surface area contributed by atoms with E-state index in [0.29, 0.717) is 22.5 Å². The van der Waals surface area contributed by atoms with Crippen molar-refractivity contribution in [2.45, 2.75) is 26.5 Å². The van der Waals surface area contributed by atoms with Crippen LogP contribution in [0.3, 0.4) is 0 Å². The Bertz CT molecular complexity index is 560. The van der Waals surface area contributed by atoms with Gasteiger partial charge in [-0.2, -0.15) is 0 Å². The van der Waals surface area contributed by atoms with Crippen molar-refractivity contribution in [1.82, 2.24) is 10.5 Å². The molecule has 0 radical (unpaired) electrons. The summed E-state index contributed by atoms with van der Waals surface area (Å²) >= 11 is 3.09. The number of nitrogens with zero attached hydrogens (tertiary/aromatic N) is 1. The summed E-state index contributed by atoms with van der Waals surface area (Å²) < 4.78 is 24.3. The summed E-state index contributed by atoms with van der Waals surface area (Å²) in [5, 5.41) is 7.17. The quantitative estimate of drug-likeness (QED) is 0.780. The summed E-state index contributed by atoms with van der Waals surface area (Å²) in [4.78, 5) is 0. The van der Waals surface area contributed by atoms with Crippen LogP contribution in [0.2, 0.25) is 0 Å². The van der Waals surface area contributed by atoms with Gasteiger partial charge in [0, 0.05) is 18.7 Å². The second kappa shape index (κ2) is 7.40. The van der Waals surface area contributed by atoms with Crippen LogP contribution in [0.5, 0.6) is 5.75 Å². The van der Waals surface area contributed by atoms with Crippen LogP contribution in [0.25, 0.3) is 0 Å². The summed E-state index contributed by atoms with van der Waals surface area (Å²) in [6, 6.07) is 6.44. The molecule has 2 rings (SSSR count). The van der Waals surface area contributed by atoms with Crippen molar-refractivity contribution < 1.29 is 13.7 Å². The molecule has 20 heavy (non-hydrogen) atoms. The van der Waals surface area contributed by atoms with Gasteiger partial charge in [0.05, 0.1) is 10.2 Å². The van der Waals surface area contributed by atoms with Crippen LogP contribution >= 0.6 is 15.9 Å². The lowest BCUT2D eigenvalue weighted by Crippen LogP contribution is -2.13. The Balaban J connectivity index is 1.85. The van der Waals surface area contributed by atoms with Crippen LogP contribution in [0, 0.1) is 5.82 Å². The number of benzene rings is 1. The van der Waals surface area contributed by atoms with Gasteiger partial charge in [-0.05, 0) is 41.0 Å². The first kappa shape index (κ1) is 15.0.